The molecule has 200 valence electrons. The number of primary amides is 1. The Labute approximate surface area is 232 Å². The summed E-state index contributed by atoms with van der Waals surface area (Å²) < 4.78 is 4.89. The number of fused-ring (bicyclic) bond motifs is 2. The van der Waals surface area contributed by atoms with Gasteiger partial charge in [-0.05, 0) is 25.1 Å². The fourth-order valence-electron chi connectivity index (χ4n) is 4.10. The van der Waals surface area contributed by atoms with E-state index in [0.717, 1.165) is 27.6 Å². The van der Waals surface area contributed by atoms with Gasteiger partial charge in [0.25, 0.3) is 11.5 Å². The van der Waals surface area contributed by atoms with Gasteiger partial charge in [0.15, 0.2) is 11.5 Å². The Hall–Kier alpha value is -5.28. The van der Waals surface area contributed by atoms with Gasteiger partial charge in [-0.3, -0.25) is 18.8 Å². The summed E-state index contributed by atoms with van der Waals surface area (Å²) in [5.41, 5.74) is 14.5. The molecule has 6 aromatic rings. The zero-order chi connectivity index (χ0) is 28.4. The van der Waals surface area contributed by atoms with E-state index in [4.69, 9.17) is 16.5 Å². The summed E-state index contributed by atoms with van der Waals surface area (Å²) in [7, 11) is 1.88. The maximum absolute atomic E-state index is 13.3. The molecule has 1 aromatic carbocycles. The van der Waals surface area contributed by atoms with Crippen molar-refractivity contribution >= 4 is 38.9 Å². The molecule has 0 fully saturated rings. The van der Waals surface area contributed by atoms with Crippen molar-refractivity contribution in [3.8, 4) is 17.5 Å². The minimum Gasteiger partial charge on any atom is -0.381 e. The summed E-state index contributed by atoms with van der Waals surface area (Å²) in [5.74, 6) is 6.53. The first-order valence-electron chi connectivity index (χ1n) is 12.3. The number of nitrogens with two attached hydrogens (primary N) is 2. The highest BCUT2D eigenvalue weighted by molar-refractivity contribution is 7.17. The molecular formula is C28H25N9O2S. The monoisotopic (exact) mass is 551 g/mol. The van der Waals surface area contributed by atoms with Crippen LogP contribution in [0.2, 0.25) is 0 Å². The fraction of sp³-hybridized carbons (Fsp3) is 0.143. The molecule has 5 aromatic heterocycles. The molecule has 0 bridgehead atoms. The minimum atomic E-state index is -0.619. The van der Waals surface area contributed by atoms with E-state index in [1.807, 2.05) is 56.6 Å². The van der Waals surface area contributed by atoms with E-state index in [-0.39, 0.29) is 16.9 Å². The predicted molar refractivity (Wildman–Crippen MR) is 154 cm³/mol. The molecule has 6 rings (SSSR count). The molecule has 0 unspecified atom stereocenters. The van der Waals surface area contributed by atoms with E-state index in [1.165, 1.54) is 15.9 Å². The summed E-state index contributed by atoms with van der Waals surface area (Å²) >= 11 is 1.46. The van der Waals surface area contributed by atoms with Crippen LogP contribution in [-0.4, -0.2) is 39.8 Å². The molecule has 12 heteroatoms. The van der Waals surface area contributed by atoms with E-state index in [0.29, 0.717) is 23.0 Å². The Balaban J connectivity index is 0.000000207. The lowest BCUT2D eigenvalue weighted by Crippen LogP contribution is -2.23. The molecule has 0 aliphatic rings. The number of nitrogen functional groups attached to an aromatic ring is 1. The van der Waals surface area contributed by atoms with E-state index in [2.05, 4.69) is 27.0 Å². The molecule has 0 radical (unpaired) electrons. The molecule has 4 N–H and O–H groups in total. The van der Waals surface area contributed by atoms with Crippen LogP contribution < -0.4 is 17.0 Å². The van der Waals surface area contributed by atoms with Gasteiger partial charge < -0.3 is 11.5 Å². The van der Waals surface area contributed by atoms with Crippen LogP contribution in [0.25, 0.3) is 21.6 Å². The Morgan fingerprint density at radius 1 is 1.12 bits per heavy atom. The van der Waals surface area contributed by atoms with Crippen molar-refractivity contribution in [2.24, 2.45) is 12.8 Å². The van der Waals surface area contributed by atoms with Crippen molar-refractivity contribution in [2.45, 2.75) is 20.3 Å². The van der Waals surface area contributed by atoms with Crippen molar-refractivity contribution in [2.75, 3.05) is 5.73 Å². The molecule has 0 saturated heterocycles. The first kappa shape index (κ1) is 26.3. The zero-order valence-corrected chi connectivity index (χ0v) is 22.8. The second-order valence-electron chi connectivity index (χ2n) is 8.72. The number of amides is 1. The Morgan fingerprint density at radius 2 is 1.88 bits per heavy atom. The van der Waals surface area contributed by atoms with Crippen molar-refractivity contribution in [1.82, 2.24) is 33.9 Å². The highest BCUT2D eigenvalue weighted by atomic mass is 32.1. The van der Waals surface area contributed by atoms with Crippen LogP contribution in [0.15, 0.2) is 65.2 Å². The fourth-order valence-corrected chi connectivity index (χ4v) is 4.98. The van der Waals surface area contributed by atoms with Crippen molar-refractivity contribution in [3.63, 3.8) is 0 Å². The number of nitrogens with zero attached hydrogens (tertiary/aromatic N) is 7. The highest BCUT2D eigenvalue weighted by Crippen LogP contribution is 2.23. The van der Waals surface area contributed by atoms with Crippen molar-refractivity contribution < 1.29 is 4.79 Å². The van der Waals surface area contributed by atoms with Gasteiger partial charge in [-0.1, -0.05) is 37.0 Å². The molecular weight excluding hydrogens is 526 g/mol. The number of carbonyl (C=O) groups is 1. The smallest absolute Gasteiger partial charge is 0.268 e. The van der Waals surface area contributed by atoms with Gasteiger partial charge in [0.2, 0.25) is 0 Å². The van der Waals surface area contributed by atoms with Crippen LogP contribution in [0, 0.1) is 18.8 Å². The number of thiophene rings is 1. The maximum atomic E-state index is 13.3. The van der Waals surface area contributed by atoms with Gasteiger partial charge in [0.1, 0.15) is 16.2 Å². The predicted octanol–water partition coefficient (Wildman–Crippen LogP) is 2.86. The lowest BCUT2D eigenvalue weighted by Gasteiger charge is -2.11. The first-order chi connectivity index (χ1) is 19.3. The van der Waals surface area contributed by atoms with E-state index >= 15 is 0 Å². The molecule has 5 heterocycles. The van der Waals surface area contributed by atoms with E-state index in [9.17, 15) is 9.59 Å². The third-order valence-electron chi connectivity index (χ3n) is 6.24. The number of benzene rings is 1. The quantitative estimate of drug-likeness (QED) is 0.321. The SMILES string of the molecule is CCc1nc2scc(C#Cc3cnn(C)c3C)c2c(=O)n1-c1ccccc1.NC(=O)c1c(N)nn2cccnc12. The van der Waals surface area contributed by atoms with Gasteiger partial charge >= 0.3 is 0 Å². The van der Waals surface area contributed by atoms with Crippen LogP contribution in [0.4, 0.5) is 5.82 Å². The lowest BCUT2D eigenvalue weighted by molar-refractivity contribution is 0.100. The first-order valence-corrected chi connectivity index (χ1v) is 13.2. The third-order valence-corrected chi connectivity index (χ3v) is 7.12. The van der Waals surface area contributed by atoms with Gasteiger partial charge in [0, 0.05) is 31.2 Å². The normalized spacial score (nSPS) is 10.7. The molecule has 0 saturated carbocycles. The second-order valence-corrected chi connectivity index (χ2v) is 9.57. The van der Waals surface area contributed by atoms with Crippen molar-refractivity contribution in [1.29, 1.82) is 0 Å². The van der Waals surface area contributed by atoms with Crippen LogP contribution in [0.3, 0.4) is 0 Å². The number of carbonyl (C=O) groups excluding carboxylic acids is 1. The average Bonchev–Trinajstić information content (AvgIpc) is 3.62. The molecule has 0 aliphatic heterocycles. The Kier molecular flexibility index (Phi) is 7.13. The molecule has 0 atom stereocenters. The Morgan fingerprint density at radius 3 is 2.55 bits per heavy atom. The van der Waals surface area contributed by atoms with Gasteiger partial charge in [0.05, 0.1) is 34.1 Å². The van der Waals surface area contributed by atoms with E-state index in [1.54, 1.807) is 33.9 Å². The number of anilines is 1. The Bertz CT molecular complexity index is 1990. The number of aromatic nitrogens is 7. The number of hydrogen-bond acceptors (Lipinski definition) is 8. The average molecular weight is 552 g/mol. The largest absolute Gasteiger partial charge is 0.381 e. The summed E-state index contributed by atoms with van der Waals surface area (Å²) in [6.07, 6.45) is 5.61. The summed E-state index contributed by atoms with van der Waals surface area (Å²) in [4.78, 5) is 33.7. The molecule has 0 spiro atoms. The number of aryl methyl sites for hydroxylation is 2. The number of hydrogen-bond donors (Lipinski definition) is 2. The zero-order valence-electron chi connectivity index (χ0n) is 22.0. The lowest BCUT2D eigenvalue weighted by atomic mass is 10.2. The van der Waals surface area contributed by atoms with Gasteiger partial charge in [-0.25, -0.2) is 14.5 Å². The van der Waals surface area contributed by atoms with Crippen LogP contribution in [-0.2, 0) is 13.5 Å². The topological polar surface area (TPSA) is 152 Å². The van der Waals surface area contributed by atoms with Gasteiger partial charge in [-0.15, -0.1) is 16.4 Å². The number of rotatable bonds is 3. The molecule has 1 amide bonds. The standard InChI is InChI=1S/C21H18N4OS.C7H7N5O/c1-4-18-23-20-19(21(26)25(18)17-8-6-5-7-9-17)16(13-27-20)11-10-15-12-22-24(3)14(15)2;8-5-4(6(9)13)7-10-2-1-3-12(7)11-5/h5-9,12-13H,4H2,1-3H3;1-3H,(H2,8,11)(H2,9,13). The van der Waals surface area contributed by atoms with Gasteiger partial charge in [-0.2, -0.15) is 5.10 Å². The summed E-state index contributed by atoms with van der Waals surface area (Å²) in [6, 6.07) is 11.3. The highest BCUT2D eigenvalue weighted by Gasteiger charge is 2.16. The maximum Gasteiger partial charge on any atom is 0.268 e. The van der Waals surface area contributed by atoms with E-state index < -0.39 is 5.91 Å². The summed E-state index contributed by atoms with van der Waals surface area (Å²) in [6.45, 7) is 3.98. The minimum absolute atomic E-state index is 0.0727. The molecule has 40 heavy (non-hydrogen) atoms. The second kappa shape index (κ2) is 10.8. The molecule has 0 aliphatic carbocycles. The number of para-hydroxylation sites is 1. The van der Waals surface area contributed by atoms with Crippen LogP contribution >= 0.6 is 11.3 Å². The summed E-state index contributed by atoms with van der Waals surface area (Å²) in [5, 5.41) is 10.6. The molecule has 11 nitrogen and oxygen atoms in total. The van der Waals surface area contributed by atoms with Crippen molar-refractivity contribution in [3.05, 3.63) is 98.9 Å². The van der Waals surface area contributed by atoms with Crippen LogP contribution in [0.5, 0.6) is 0 Å². The van der Waals surface area contributed by atoms with Crippen LogP contribution in [0.1, 0.15) is 39.9 Å². The third kappa shape index (κ3) is 4.81.